The lowest BCUT2D eigenvalue weighted by molar-refractivity contribution is 0.0848. The summed E-state index contributed by atoms with van der Waals surface area (Å²) >= 11 is 0. The minimum atomic E-state index is 0.582. The Bertz CT molecular complexity index is 240. The molecule has 0 aliphatic carbocycles. The van der Waals surface area contributed by atoms with Gasteiger partial charge < -0.3 is 0 Å². The number of hydrogen-bond donors (Lipinski definition) is 0. The van der Waals surface area contributed by atoms with Crippen LogP contribution in [0, 0.1) is 0 Å². The van der Waals surface area contributed by atoms with E-state index in [0.717, 1.165) is 13.1 Å². The molecule has 0 aliphatic rings. The first kappa shape index (κ1) is 21.7. The Kier molecular flexibility index (Phi) is 15.3. The van der Waals surface area contributed by atoms with E-state index in [1.54, 1.807) is 0 Å². The maximum Gasteiger partial charge on any atom is 0.0620 e. The van der Waals surface area contributed by atoms with E-state index in [2.05, 4.69) is 56.8 Å². The van der Waals surface area contributed by atoms with Crippen LogP contribution in [0.25, 0.3) is 0 Å². The SMILES string of the molecule is CCCCCCCCCC=CCCC(N(C)CC)N(C)CC. The first-order valence-electron chi connectivity index (χ1n) is 9.72. The van der Waals surface area contributed by atoms with Gasteiger partial charge in [-0.3, -0.25) is 9.80 Å². The Hall–Kier alpha value is -0.340. The van der Waals surface area contributed by atoms with Crippen molar-refractivity contribution in [2.45, 2.75) is 91.1 Å². The molecule has 0 aromatic carbocycles. The van der Waals surface area contributed by atoms with Crippen molar-refractivity contribution in [3.8, 4) is 0 Å². The average molecular weight is 311 g/mol. The van der Waals surface area contributed by atoms with Gasteiger partial charge in [0.2, 0.25) is 0 Å². The molecular formula is C20H42N2. The smallest absolute Gasteiger partial charge is 0.0620 e. The fourth-order valence-electron chi connectivity index (χ4n) is 2.90. The molecule has 132 valence electrons. The lowest BCUT2D eigenvalue weighted by Crippen LogP contribution is -2.44. The van der Waals surface area contributed by atoms with Crippen LogP contribution in [-0.4, -0.2) is 43.2 Å². The van der Waals surface area contributed by atoms with Gasteiger partial charge in [0.1, 0.15) is 0 Å². The number of nitrogens with zero attached hydrogens (tertiary/aromatic N) is 2. The van der Waals surface area contributed by atoms with Crippen molar-refractivity contribution in [1.29, 1.82) is 0 Å². The standard InChI is InChI=1S/C20H42N2/c1-6-9-10-11-12-13-14-15-16-17-18-19-20(21(4)7-2)22(5)8-3/h16-17,20H,6-15,18-19H2,1-5H3. The molecule has 0 amide bonds. The quantitative estimate of drug-likeness (QED) is 0.218. The van der Waals surface area contributed by atoms with Gasteiger partial charge in [-0.05, 0) is 52.9 Å². The third-order valence-corrected chi connectivity index (χ3v) is 4.75. The molecule has 0 aromatic rings. The maximum absolute atomic E-state index is 2.45. The molecule has 0 aromatic heterocycles. The highest BCUT2D eigenvalue weighted by molar-refractivity contribution is 4.83. The van der Waals surface area contributed by atoms with Crippen LogP contribution in [0.4, 0.5) is 0 Å². The second-order valence-corrected chi connectivity index (χ2v) is 6.59. The molecule has 0 rings (SSSR count). The predicted molar refractivity (Wildman–Crippen MR) is 101 cm³/mol. The van der Waals surface area contributed by atoms with Crippen LogP contribution in [0.3, 0.4) is 0 Å². The zero-order chi connectivity index (χ0) is 16.6. The van der Waals surface area contributed by atoms with Gasteiger partial charge in [-0.2, -0.15) is 0 Å². The molecule has 0 radical (unpaired) electrons. The first-order chi connectivity index (χ1) is 10.7. The number of allylic oxidation sites excluding steroid dienone is 2. The van der Waals surface area contributed by atoms with E-state index in [-0.39, 0.29) is 0 Å². The molecule has 0 saturated carbocycles. The van der Waals surface area contributed by atoms with Crippen LogP contribution >= 0.6 is 0 Å². The molecule has 0 N–H and O–H groups in total. The number of rotatable bonds is 15. The van der Waals surface area contributed by atoms with E-state index in [1.165, 1.54) is 64.2 Å². The second-order valence-electron chi connectivity index (χ2n) is 6.59. The van der Waals surface area contributed by atoms with Crippen LogP contribution in [0.2, 0.25) is 0 Å². The summed E-state index contributed by atoms with van der Waals surface area (Å²) in [5.41, 5.74) is 0. The lowest BCUT2D eigenvalue weighted by Gasteiger charge is -2.34. The largest absolute Gasteiger partial charge is 0.291 e. The molecule has 0 fully saturated rings. The fourth-order valence-corrected chi connectivity index (χ4v) is 2.90. The van der Waals surface area contributed by atoms with Crippen molar-refractivity contribution in [2.75, 3.05) is 27.2 Å². The first-order valence-corrected chi connectivity index (χ1v) is 9.72. The van der Waals surface area contributed by atoms with Crippen molar-refractivity contribution in [2.24, 2.45) is 0 Å². The third-order valence-electron chi connectivity index (χ3n) is 4.75. The molecular weight excluding hydrogens is 268 g/mol. The van der Waals surface area contributed by atoms with E-state index in [9.17, 15) is 0 Å². The molecule has 0 unspecified atom stereocenters. The predicted octanol–water partition coefficient (Wildman–Crippen LogP) is 5.69. The highest BCUT2D eigenvalue weighted by atomic mass is 15.3. The average Bonchev–Trinajstić information content (AvgIpc) is 2.54. The Labute approximate surface area is 141 Å². The van der Waals surface area contributed by atoms with E-state index in [1.807, 2.05) is 0 Å². The van der Waals surface area contributed by atoms with Crippen molar-refractivity contribution in [1.82, 2.24) is 9.80 Å². The van der Waals surface area contributed by atoms with Crippen molar-refractivity contribution in [3.05, 3.63) is 12.2 Å². The minimum Gasteiger partial charge on any atom is -0.291 e. The molecule has 2 nitrogen and oxygen atoms in total. The highest BCUT2D eigenvalue weighted by Crippen LogP contribution is 2.11. The summed E-state index contributed by atoms with van der Waals surface area (Å²) in [4.78, 5) is 4.90. The van der Waals surface area contributed by atoms with Crippen molar-refractivity contribution >= 4 is 0 Å². The van der Waals surface area contributed by atoms with Gasteiger partial charge in [0.25, 0.3) is 0 Å². The van der Waals surface area contributed by atoms with Crippen LogP contribution < -0.4 is 0 Å². The van der Waals surface area contributed by atoms with Gasteiger partial charge in [0.05, 0.1) is 6.17 Å². The summed E-state index contributed by atoms with van der Waals surface area (Å²) in [6.45, 7) is 9.01. The lowest BCUT2D eigenvalue weighted by atomic mass is 10.1. The van der Waals surface area contributed by atoms with Crippen molar-refractivity contribution in [3.63, 3.8) is 0 Å². The summed E-state index contributed by atoms with van der Waals surface area (Å²) < 4.78 is 0. The summed E-state index contributed by atoms with van der Waals surface area (Å²) in [7, 11) is 4.47. The Morgan fingerprint density at radius 2 is 1.18 bits per heavy atom. The summed E-state index contributed by atoms with van der Waals surface area (Å²) in [5, 5.41) is 0. The van der Waals surface area contributed by atoms with Gasteiger partial charge in [-0.15, -0.1) is 0 Å². The minimum absolute atomic E-state index is 0.582. The van der Waals surface area contributed by atoms with Gasteiger partial charge in [0.15, 0.2) is 0 Å². The van der Waals surface area contributed by atoms with Crippen LogP contribution in [0.5, 0.6) is 0 Å². The number of unbranched alkanes of at least 4 members (excludes halogenated alkanes) is 7. The third kappa shape index (κ3) is 11.3. The molecule has 22 heavy (non-hydrogen) atoms. The van der Waals surface area contributed by atoms with Crippen molar-refractivity contribution < 1.29 is 0 Å². The molecule has 0 atom stereocenters. The molecule has 0 heterocycles. The zero-order valence-electron chi connectivity index (χ0n) is 16.1. The topological polar surface area (TPSA) is 6.48 Å². The van der Waals surface area contributed by atoms with Gasteiger partial charge in [0, 0.05) is 0 Å². The second kappa shape index (κ2) is 15.6. The van der Waals surface area contributed by atoms with Gasteiger partial charge in [-0.1, -0.05) is 71.4 Å². The monoisotopic (exact) mass is 310 g/mol. The highest BCUT2D eigenvalue weighted by Gasteiger charge is 2.15. The number of hydrogen-bond acceptors (Lipinski definition) is 2. The Morgan fingerprint density at radius 1 is 0.682 bits per heavy atom. The van der Waals surface area contributed by atoms with Crippen LogP contribution in [0.15, 0.2) is 12.2 Å². The summed E-state index contributed by atoms with van der Waals surface area (Å²) in [5.74, 6) is 0. The molecule has 0 aliphatic heterocycles. The molecule has 0 bridgehead atoms. The van der Waals surface area contributed by atoms with Crippen LogP contribution in [-0.2, 0) is 0 Å². The Morgan fingerprint density at radius 3 is 1.73 bits per heavy atom. The van der Waals surface area contributed by atoms with E-state index < -0.39 is 0 Å². The normalized spacial score (nSPS) is 12.4. The van der Waals surface area contributed by atoms with E-state index in [4.69, 9.17) is 0 Å². The van der Waals surface area contributed by atoms with E-state index >= 15 is 0 Å². The van der Waals surface area contributed by atoms with Crippen LogP contribution in [0.1, 0.15) is 85.0 Å². The van der Waals surface area contributed by atoms with Gasteiger partial charge in [-0.25, -0.2) is 0 Å². The molecule has 2 heteroatoms. The summed E-state index contributed by atoms with van der Waals surface area (Å²) in [6, 6.07) is 0. The Balaban J connectivity index is 3.66. The molecule has 0 spiro atoms. The van der Waals surface area contributed by atoms with E-state index in [0.29, 0.717) is 6.17 Å². The fraction of sp³-hybridized carbons (Fsp3) is 0.900. The van der Waals surface area contributed by atoms with Gasteiger partial charge >= 0.3 is 0 Å². The molecule has 0 saturated heterocycles. The maximum atomic E-state index is 2.45. The zero-order valence-corrected chi connectivity index (χ0v) is 16.1. The summed E-state index contributed by atoms with van der Waals surface area (Å²) in [6.07, 6.45) is 18.9.